The smallest absolute Gasteiger partial charge is 0.304 e. The van der Waals surface area contributed by atoms with Gasteiger partial charge in [-0.25, -0.2) is 0 Å². The fourth-order valence-corrected chi connectivity index (χ4v) is 2.09. The summed E-state index contributed by atoms with van der Waals surface area (Å²) in [6.07, 6.45) is 0.139. The van der Waals surface area contributed by atoms with Gasteiger partial charge in [0, 0.05) is 12.6 Å². The van der Waals surface area contributed by atoms with Gasteiger partial charge in [0.25, 0.3) is 0 Å². The van der Waals surface area contributed by atoms with Crippen molar-refractivity contribution in [2.45, 2.75) is 32.9 Å². The number of ether oxygens (including phenoxy) is 2. The summed E-state index contributed by atoms with van der Waals surface area (Å²) in [5, 5.41) is 8.82. The predicted octanol–water partition coefficient (Wildman–Crippen LogP) is 2.02. The molecule has 1 aromatic carbocycles. The summed E-state index contributed by atoms with van der Waals surface area (Å²) in [5.74, 6) is 0.768. The van der Waals surface area contributed by atoms with Crippen molar-refractivity contribution in [2.75, 3.05) is 13.8 Å². The average molecular weight is 265 g/mol. The van der Waals surface area contributed by atoms with Gasteiger partial charge in [0.05, 0.1) is 6.42 Å². The van der Waals surface area contributed by atoms with Gasteiger partial charge < -0.3 is 14.6 Å². The van der Waals surface area contributed by atoms with Gasteiger partial charge in [0.1, 0.15) is 0 Å². The molecule has 0 amide bonds. The van der Waals surface area contributed by atoms with E-state index >= 15 is 0 Å². The number of hydrogen-bond acceptors (Lipinski definition) is 4. The number of carboxylic acids is 1. The third-order valence-corrected chi connectivity index (χ3v) is 3.47. The largest absolute Gasteiger partial charge is 0.481 e. The Bertz CT molecular complexity index is 487. The molecular formula is C14H19NO4. The van der Waals surface area contributed by atoms with E-state index in [1.165, 1.54) is 0 Å². The fourth-order valence-electron chi connectivity index (χ4n) is 2.09. The van der Waals surface area contributed by atoms with E-state index in [2.05, 4.69) is 0 Å². The number of carbonyl (C=O) groups is 1. The lowest BCUT2D eigenvalue weighted by atomic mass is 10.1. The molecule has 0 saturated heterocycles. The molecule has 1 aromatic rings. The molecule has 1 aliphatic rings. The van der Waals surface area contributed by atoms with E-state index in [1.807, 2.05) is 37.9 Å². The summed E-state index contributed by atoms with van der Waals surface area (Å²) >= 11 is 0. The summed E-state index contributed by atoms with van der Waals surface area (Å²) in [7, 11) is 1.93. The van der Waals surface area contributed by atoms with Crippen LogP contribution in [0.5, 0.6) is 11.5 Å². The Kier molecular flexibility index (Phi) is 3.95. The second-order valence-corrected chi connectivity index (χ2v) is 4.99. The third-order valence-electron chi connectivity index (χ3n) is 3.47. The molecule has 1 atom stereocenters. The molecule has 1 aliphatic heterocycles. The van der Waals surface area contributed by atoms with Crippen LogP contribution in [-0.2, 0) is 11.3 Å². The van der Waals surface area contributed by atoms with E-state index in [0.717, 1.165) is 22.6 Å². The van der Waals surface area contributed by atoms with Crippen LogP contribution in [-0.4, -0.2) is 35.9 Å². The molecule has 0 aliphatic carbocycles. The highest BCUT2D eigenvalue weighted by Crippen LogP contribution is 2.35. The Morgan fingerprint density at radius 2 is 2.05 bits per heavy atom. The van der Waals surface area contributed by atoms with Crippen LogP contribution in [0, 0.1) is 6.92 Å². The first kappa shape index (κ1) is 13.7. The van der Waals surface area contributed by atoms with E-state index in [0.29, 0.717) is 6.54 Å². The molecule has 5 heteroatoms. The zero-order valence-corrected chi connectivity index (χ0v) is 11.5. The van der Waals surface area contributed by atoms with Crippen molar-refractivity contribution in [2.24, 2.45) is 0 Å². The molecule has 19 heavy (non-hydrogen) atoms. The van der Waals surface area contributed by atoms with E-state index < -0.39 is 5.97 Å². The van der Waals surface area contributed by atoms with Gasteiger partial charge in [-0.05, 0) is 44.2 Å². The van der Waals surface area contributed by atoms with Crippen LogP contribution in [0.15, 0.2) is 12.1 Å². The van der Waals surface area contributed by atoms with Crippen LogP contribution < -0.4 is 9.47 Å². The van der Waals surface area contributed by atoms with E-state index in [4.69, 9.17) is 14.6 Å². The predicted molar refractivity (Wildman–Crippen MR) is 70.5 cm³/mol. The van der Waals surface area contributed by atoms with Crippen molar-refractivity contribution in [1.82, 2.24) is 4.90 Å². The molecule has 0 spiro atoms. The number of aliphatic carboxylic acids is 1. The molecule has 1 unspecified atom stereocenters. The first-order chi connectivity index (χ1) is 8.97. The van der Waals surface area contributed by atoms with Gasteiger partial charge in [0.15, 0.2) is 11.5 Å². The molecule has 0 fully saturated rings. The van der Waals surface area contributed by atoms with E-state index in [9.17, 15) is 4.79 Å². The Morgan fingerprint density at radius 3 is 2.68 bits per heavy atom. The zero-order chi connectivity index (χ0) is 14.0. The van der Waals surface area contributed by atoms with Crippen LogP contribution in [0.25, 0.3) is 0 Å². The number of nitrogens with zero attached hydrogens (tertiary/aromatic N) is 1. The lowest BCUT2D eigenvalue weighted by molar-refractivity contribution is -0.138. The van der Waals surface area contributed by atoms with Gasteiger partial charge in [-0.1, -0.05) is 0 Å². The number of carboxylic acid groups (broad SMARTS) is 1. The quantitative estimate of drug-likeness (QED) is 0.882. The van der Waals surface area contributed by atoms with Crippen molar-refractivity contribution in [1.29, 1.82) is 0 Å². The number of aryl methyl sites for hydroxylation is 1. The van der Waals surface area contributed by atoms with Crippen LogP contribution in [0.3, 0.4) is 0 Å². The molecule has 1 heterocycles. The summed E-state index contributed by atoms with van der Waals surface area (Å²) in [6, 6.07) is 3.93. The van der Waals surface area contributed by atoms with Crippen LogP contribution in [0.4, 0.5) is 0 Å². The van der Waals surface area contributed by atoms with Crippen molar-refractivity contribution in [3.8, 4) is 11.5 Å². The van der Waals surface area contributed by atoms with Gasteiger partial charge >= 0.3 is 5.97 Å². The molecule has 0 aromatic heterocycles. The standard InChI is InChI=1S/C14H19NO4/c1-9-4-12-13(19-8-18-12)6-11(9)7-15(3)10(2)5-14(16)17/h4,6,10H,5,7-8H2,1-3H3,(H,16,17). The topological polar surface area (TPSA) is 59.0 Å². The van der Waals surface area contributed by atoms with Crippen LogP contribution in [0.1, 0.15) is 24.5 Å². The molecule has 104 valence electrons. The van der Waals surface area contributed by atoms with E-state index in [1.54, 1.807) is 0 Å². The molecule has 0 radical (unpaired) electrons. The fraction of sp³-hybridized carbons (Fsp3) is 0.500. The molecule has 2 rings (SSSR count). The van der Waals surface area contributed by atoms with Crippen LogP contribution in [0.2, 0.25) is 0 Å². The first-order valence-electron chi connectivity index (χ1n) is 6.28. The highest BCUT2D eigenvalue weighted by Gasteiger charge is 2.18. The van der Waals surface area contributed by atoms with Gasteiger partial charge in [-0.3, -0.25) is 9.69 Å². The van der Waals surface area contributed by atoms with Crippen LogP contribution >= 0.6 is 0 Å². The Morgan fingerprint density at radius 1 is 1.42 bits per heavy atom. The molecule has 0 saturated carbocycles. The Balaban J connectivity index is 2.08. The van der Waals surface area contributed by atoms with Gasteiger partial charge in [-0.2, -0.15) is 0 Å². The van der Waals surface area contributed by atoms with Crippen molar-refractivity contribution in [3.63, 3.8) is 0 Å². The van der Waals surface area contributed by atoms with Crippen molar-refractivity contribution >= 4 is 5.97 Å². The van der Waals surface area contributed by atoms with Gasteiger partial charge in [-0.15, -0.1) is 0 Å². The molecule has 0 bridgehead atoms. The Hall–Kier alpha value is -1.75. The minimum Gasteiger partial charge on any atom is -0.481 e. The second-order valence-electron chi connectivity index (χ2n) is 4.99. The average Bonchev–Trinajstić information content (AvgIpc) is 2.75. The number of fused-ring (bicyclic) bond motifs is 1. The van der Waals surface area contributed by atoms with Crippen molar-refractivity contribution in [3.05, 3.63) is 23.3 Å². The highest BCUT2D eigenvalue weighted by molar-refractivity contribution is 5.67. The number of rotatable bonds is 5. The maximum absolute atomic E-state index is 10.7. The first-order valence-corrected chi connectivity index (χ1v) is 6.28. The molecule has 5 nitrogen and oxygen atoms in total. The summed E-state index contributed by atoms with van der Waals surface area (Å²) in [4.78, 5) is 12.8. The maximum Gasteiger partial charge on any atom is 0.304 e. The molecule has 1 N–H and O–H groups in total. The monoisotopic (exact) mass is 265 g/mol. The minimum atomic E-state index is -0.776. The normalized spacial score (nSPS) is 14.7. The number of hydrogen-bond donors (Lipinski definition) is 1. The summed E-state index contributed by atoms with van der Waals surface area (Å²) in [6.45, 7) is 4.89. The molecular weight excluding hydrogens is 246 g/mol. The third kappa shape index (κ3) is 3.17. The zero-order valence-electron chi connectivity index (χ0n) is 11.5. The number of benzene rings is 1. The maximum atomic E-state index is 10.7. The SMILES string of the molecule is Cc1cc2c(cc1CN(C)C(C)CC(=O)O)OCO2. The highest BCUT2D eigenvalue weighted by atomic mass is 16.7. The minimum absolute atomic E-state index is 0.0117. The summed E-state index contributed by atoms with van der Waals surface area (Å²) < 4.78 is 10.7. The van der Waals surface area contributed by atoms with E-state index in [-0.39, 0.29) is 19.3 Å². The lowest BCUT2D eigenvalue weighted by Gasteiger charge is -2.24. The van der Waals surface area contributed by atoms with Crippen molar-refractivity contribution < 1.29 is 19.4 Å². The summed E-state index contributed by atoms with van der Waals surface area (Å²) in [5.41, 5.74) is 2.25. The lowest BCUT2D eigenvalue weighted by Crippen LogP contribution is -2.30. The van der Waals surface area contributed by atoms with Gasteiger partial charge in [0.2, 0.25) is 6.79 Å². The Labute approximate surface area is 112 Å². The second kappa shape index (κ2) is 5.48.